The fourth-order valence-corrected chi connectivity index (χ4v) is 4.73. The van der Waals surface area contributed by atoms with Gasteiger partial charge < -0.3 is 18.9 Å². The summed E-state index contributed by atoms with van der Waals surface area (Å²) in [4.78, 5) is 25.9. The summed E-state index contributed by atoms with van der Waals surface area (Å²) in [5.41, 5.74) is -0.154. The highest BCUT2D eigenvalue weighted by molar-refractivity contribution is 5.70. The van der Waals surface area contributed by atoms with Crippen molar-refractivity contribution in [1.82, 2.24) is 4.90 Å². The molecule has 1 amide bonds. The second kappa shape index (κ2) is 7.95. The number of benzene rings is 1. The first-order valence-electron chi connectivity index (χ1n) is 9.99. The molecule has 1 unspecified atom stereocenters. The second-order valence-electron chi connectivity index (χ2n) is 9.12. The maximum Gasteiger partial charge on any atom is 0.410 e. The Bertz CT molecular complexity index is 727. The van der Waals surface area contributed by atoms with Crippen LogP contribution in [0.3, 0.4) is 0 Å². The van der Waals surface area contributed by atoms with Crippen molar-refractivity contribution in [2.24, 2.45) is 0 Å². The highest BCUT2D eigenvalue weighted by atomic mass is 16.8. The van der Waals surface area contributed by atoms with Crippen LogP contribution in [-0.2, 0) is 30.3 Å². The fraction of sp³-hybridized carbons (Fsp3) is 0.636. The van der Waals surface area contributed by atoms with Crippen LogP contribution in [0.25, 0.3) is 0 Å². The first kappa shape index (κ1) is 21.6. The summed E-state index contributed by atoms with van der Waals surface area (Å²) in [6.45, 7) is 10.1. The van der Waals surface area contributed by atoms with Gasteiger partial charge >= 0.3 is 12.1 Å². The third-order valence-corrected chi connectivity index (χ3v) is 5.39. The van der Waals surface area contributed by atoms with Crippen LogP contribution in [0.1, 0.15) is 53.0 Å². The predicted molar refractivity (Wildman–Crippen MR) is 106 cm³/mol. The minimum atomic E-state index is -0.811. The van der Waals surface area contributed by atoms with E-state index in [0.29, 0.717) is 19.4 Å². The molecule has 3 rings (SSSR count). The van der Waals surface area contributed by atoms with Crippen LogP contribution in [-0.4, -0.2) is 53.1 Å². The monoisotopic (exact) mass is 405 g/mol. The molecule has 2 saturated heterocycles. The molecule has 1 aromatic carbocycles. The van der Waals surface area contributed by atoms with E-state index in [-0.39, 0.29) is 31.4 Å². The van der Waals surface area contributed by atoms with E-state index < -0.39 is 16.9 Å². The molecular formula is C22H31NO6. The Balaban J connectivity index is 1.69. The van der Waals surface area contributed by atoms with Gasteiger partial charge in [-0.15, -0.1) is 0 Å². The average Bonchev–Trinajstić information content (AvgIpc) is 2.98. The van der Waals surface area contributed by atoms with Crippen molar-refractivity contribution >= 4 is 12.1 Å². The van der Waals surface area contributed by atoms with Crippen LogP contribution >= 0.6 is 0 Å². The molecule has 0 aliphatic carbocycles. The highest BCUT2D eigenvalue weighted by Crippen LogP contribution is 2.48. The van der Waals surface area contributed by atoms with Gasteiger partial charge in [-0.3, -0.25) is 9.69 Å². The van der Waals surface area contributed by atoms with E-state index in [1.54, 1.807) is 4.90 Å². The Hall–Kier alpha value is -2.12. The number of rotatable bonds is 4. The van der Waals surface area contributed by atoms with Gasteiger partial charge in [0.1, 0.15) is 19.3 Å². The van der Waals surface area contributed by atoms with Gasteiger partial charge in [-0.1, -0.05) is 30.3 Å². The van der Waals surface area contributed by atoms with Crippen molar-refractivity contribution in [3.63, 3.8) is 0 Å². The average molecular weight is 405 g/mol. The van der Waals surface area contributed by atoms with Gasteiger partial charge in [0.25, 0.3) is 0 Å². The summed E-state index contributed by atoms with van der Waals surface area (Å²) in [7, 11) is 0. The van der Waals surface area contributed by atoms with Crippen LogP contribution in [0.4, 0.5) is 4.79 Å². The molecule has 1 atom stereocenters. The molecule has 1 aromatic rings. The van der Waals surface area contributed by atoms with Gasteiger partial charge in [-0.25, -0.2) is 4.79 Å². The number of carbonyl (C=O) groups excluding carboxylic acids is 2. The molecule has 2 fully saturated rings. The topological polar surface area (TPSA) is 74.3 Å². The third kappa shape index (κ3) is 4.90. The van der Waals surface area contributed by atoms with Gasteiger partial charge in [0.15, 0.2) is 5.79 Å². The Morgan fingerprint density at radius 3 is 2.28 bits per heavy atom. The number of piperidine rings is 1. The predicted octanol–water partition coefficient (Wildman–Crippen LogP) is 3.65. The van der Waals surface area contributed by atoms with E-state index >= 15 is 0 Å². The number of hydrogen-bond donors (Lipinski definition) is 0. The summed E-state index contributed by atoms with van der Waals surface area (Å²) in [6.07, 6.45) is 0.344. The maximum absolute atomic E-state index is 13.0. The third-order valence-electron chi connectivity index (χ3n) is 5.39. The molecule has 0 saturated carbocycles. The summed E-state index contributed by atoms with van der Waals surface area (Å²) >= 11 is 0. The van der Waals surface area contributed by atoms with Crippen LogP contribution in [0.15, 0.2) is 30.3 Å². The van der Waals surface area contributed by atoms with E-state index in [4.69, 9.17) is 18.9 Å². The van der Waals surface area contributed by atoms with Crippen LogP contribution in [0.2, 0.25) is 0 Å². The van der Waals surface area contributed by atoms with Crippen molar-refractivity contribution in [2.45, 2.75) is 77.0 Å². The van der Waals surface area contributed by atoms with Crippen molar-refractivity contribution in [1.29, 1.82) is 0 Å². The molecule has 0 aromatic heterocycles. The molecular weight excluding hydrogens is 374 g/mol. The van der Waals surface area contributed by atoms with E-state index in [1.165, 1.54) is 6.92 Å². The normalized spacial score (nSPS) is 24.3. The first-order chi connectivity index (χ1) is 13.5. The lowest BCUT2D eigenvalue weighted by Gasteiger charge is -2.56. The zero-order valence-electron chi connectivity index (χ0n) is 17.9. The molecule has 2 heterocycles. The molecule has 2 aliphatic rings. The van der Waals surface area contributed by atoms with Gasteiger partial charge in [0, 0.05) is 30.8 Å². The van der Waals surface area contributed by atoms with Crippen LogP contribution in [0.5, 0.6) is 0 Å². The number of ether oxygens (including phenoxy) is 4. The first-order valence-corrected chi connectivity index (χ1v) is 9.99. The SMILES string of the molecule is CC(=O)OCC1COC2(CC(C)(C)N(C(=O)OCc3ccccc3)C(C)(C)C2)O1. The standard InChI is InChI=1S/C22H31NO6/c1-16(24)26-12-18-13-28-22(29-18)14-20(2,3)23(21(4,5)15-22)19(25)27-11-17-9-7-6-8-10-17/h6-10,18H,11-15H2,1-5H3. The van der Waals surface area contributed by atoms with Gasteiger partial charge in [0.05, 0.1) is 6.61 Å². The van der Waals surface area contributed by atoms with Gasteiger partial charge in [-0.05, 0) is 33.3 Å². The van der Waals surface area contributed by atoms with Crippen LogP contribution in [0, 0.1) is 0 Å². The summed E-state index contributed by atoms with van der Waals surface area (Å²) in [5, 5.41) is 0. The summed E-state index contributed by atoms with van der Waals surface area (Å²) in [6, 6.07) is 9.62. The van der Waals surface area contributed by atoms with E-state index in [9.17, 15) is 9.59 Å². The van der Waals surface area contributed by atoms with Crippen molar-refractivity contribution < 1.29 is 28.5 Å². The zero-order valence-corrected chi connectivity index (χ0v) is 17.9. The zero-order chi connectivity index (χ0) is 21.3. The number of esters is 1. The minimum Gasteiger partial charge on any atom is -0.463 e. The number of likely N-dealkylation sites (tertiary alicyclic amines) is 1. The molecule has 7 heteroatoms. The lowest BCUT2D eigenvalue weighted by atomic mass is 9.76. The molecule has 29 heavy (non-hydrogen) atoms. The highest BCUT2D eigenvalue weighted by Gasteiger charge is 2.58. The van der Waals surface area contributed by atoms with Crippen molar-refractivity contribution in [3.05, 3.63) is 35.9 Å². The maximum atomic E-state index is 13.0. The van der Waals surface area contributed by atoms with E-state index in [0.717, 1.165) is 5.56 Å². The second-order valence-corrected chi connectivity index (χ2v) is 9.12. The Labute approximate surface area is 172 Å². The Morgan fingerprint density at radius 2 is 1.69 bits per heavy atom. The lowest BCUT2D eigenvalue weighted by Crippen LogP contribution is -2.67. The largest absolute Gasteiger partial charge is 0.463 e. The van der Waals surface area contributed by atoms with Gasteiger partial charge in [-0.2, -0.15) is 0 Å². The molecule has 7 nitrogen and oxygen atoms in total. The fourth-order valence-electron chi connectivity index (χ4n) is 4.73. The van der Waals surface area contributed by atoms with E-state index in [2.05, 4.69) is 0 Å². The quantitative estimate of drug-likeness (QED) is 0.712. The van der Waals surface area contributed by atoms with Crippen molar-refractivity contribution in [3.8, 4) is 0 Å². The summed E-state index contributed by atoms with van der Waals surface area (Å²) in [5.74, 6) is -1.15. The van der Waals surface area contributed by atoms with Crippen LogP contribution < -0.4 is 0 Å². The minimum absolute atomic E-state index is 0.167. The molecule has 160 valence electrons. The van der Waals surface area contributed by atoms with Crippen molar-refractivity contribution in [2.75, 3.05) is 13.2 Å². The Kier molecular flexibility index (Phi) is 5.92. The van der Waals surface area contributed by atoms with Gasteiger partial charge in [0.2, 0.25) is 0 Å². The van der Waals surface area contributed by atoms with E-state index in [1.807, 2.05) is 58.0 Å². The number of carbonyl (C=O) groups is 2. The molecule has 0 N–H and O–H groups in total. The smallest absolute Gasteiger partial charge is 0.410 e. The lowest BCUT2D eigenvalue weighted by molar-refractivity contribution is -0.241. The molecule has 1 spiro atoms. The number of amides is 1. The Morgan fingerprint density at radius 1 is 1.07 bits per heavy atom. The summed E-state index contributed by atoms with van der Waals surface area (Å²) < 4.78 is 22.9. The molecule has 0 bridgehead atoms. The molecule has 0 radical (unpaired) electrons. The molecule has 2 aliphatic heterocycles. The number of hydrogen-bond acceptors (Lipinski definition) is 6. The number of nitrogens with zero attached hydrogens (tertiary/aromatic N) is 1.